The Morgan fingerprint density at radius 1 is 1.39 bits per heavy atom. The van der Waals surface area contributed by atoms with Gasteiger partial charge in [-0.15, -0.1) is 0 Å². The Labute approximate surface area is 109 Å². The van der Waals surface area contributed by atoms with Crippen LogP contribution in [0, 0.1) is 10.8 Å². The van der Waals surface area contributed by atoms with Crippen LogP contribution >= 0.6 is 0 Å². The first-order chi connectivity index (χ1) is 8.55. The van der Waals surface area contributed by atoms with E-state index in [-0.39, 0.29) is 17.4 Å². The van der Waals surface area contributed by atoms with E-state index >= 15 is 0 Å². The van der Waals surface area contributed by atoms with Crippen LogP contribution in [-0.2, 0) is 0 Å². The Kier molecular flexibility index (Phi) is 5.41. The van der Waals surface area contributed by atoms with Crippen LogP contribution in [0.1, 0.15) is 46.0 Å². The SMILES string of the molecule is CCC(CC)(CO)CNCC1(CC(N)=NO)CC1. The van der Waals surface area contributed by atoms with Crippen LogP contribution in [0.25, 0.3) is 0 Å². The minimum Gasteiger partial charge on any atom is -0.409 e. The van der Waals surface area contributed by atoms with E-state index in [1.807, 2.05) is 0 Å². The van der Waals surface area contributed by atoms with Gasteiger partial charge < -0.3 is 21.4 Å². The molecule has 0 aromatic rings. The smallest absolute Gasteiger partial charge is 0.139 e. The number of aliphatic hydroxyl groups is 1. The van der Waals surface area contributed by atoms with Crippen LogP contribution in [-0.4, -0.2) is 35.8 Å². The molecule has 5 N–H and O–H groups in total. The molecule has 106 valence electrons. The Hall–Kier alpha value is -0.810. The van der Waals surface area contributed by atoms with Crippen LogP contribution in [0.2, 0.25) is 0 Å². The van der Waals surface area contributed by atoms with Crippen molar-refractivity contribution < 1.29 is 10.3 Å². The van der Waals surface area contributed by atoms with Gasteiger partial charge >= 0.3 is 0 Å². The number of nitrogens with two attached hydrogens (primary N) is 1. The molecule has 0 heterocycles. The van der Waals surface area contributed by atoms with E-state index in [1.165, 1.54) is 0 Å². The molecule has 0 radical (unpaired) electrons. The molecular formula is C13H27N3O2. The van der Waals surface area contributed by atoms with Crippen LogP contribution < -0.4 is 11.1 Å². The number of nitrogens with zero attached hydrogens (tertiary/aromatic N) is 1. The van der Waals surface area contributed by atoms with E-state index in [1.54, 1.807) is 0 Å². The van der Waals surface area contributed by atoms with Crippen LogP contribution in [0.4, 0.5) is 0 Å². The fourth-order valence-electron chi connectivity index (χ4n) is 2.38. The lowest BCUT2D eigenvalue weighted by Gasteiger charge is -2.30. The molecule has 0 amide bonds. The van der Waals surface area contributed by atoms with E-state index in [4.69, 9.17) is 10.9 Å². The highest BCUT2D eigenvalue weighted by molar-refractivity contribution is 5.80. The molecule has 5 heteroatoms. The maximum absolute atomic E-state index is 9.49. The summed E-state index contributed by atoms with van der Waals surface area (Å²) in [6.45, 7) is 6.16. The van der Waals surface area contributed by atoms with Crippen molar-refractivity contribution in [1.29, 1.82) is 0 Å². The van der Waals surface area contributed by atoms with Crippen LogP contribution in [0.5, 0.6) is 0 Å². The van der Waals surface area contributed by atoms with E-state index in [0.29, 0.717) is 12.3 Å². The molecule has 0 unspecified atom stereocenters. The summed E-state index contributed by atoms with van der Waals surface area (Å²) in [5.74, 6) is 0.314. The molecule has 0 aromatic carbocycles. The molecule has 0 aromatic heterocycles. The van der Waals surface area contributed by atoms with E-state index in [9.17, 15) is 5.11 Å². The van der Waals surface area contributed by atoms with Gasteiger partial charge in [-0.1, -0.05) is 19.0 Å². The summed E-state index contributed by atoms with van der Waals surface area (Å²) in [5.41, 5.74) is 5.74. The second-order valence-electron chi connectivity index (χ2n) is 5.74. The molecule has 18 heavy (non-hydrogen) atoms. The van der Waals surface area contributed by atoms with Crippen molar-refractivity contribution >= 4 is 5.84 Å². The first-order valence-corrected chi connectivity index (χ1v) is 6.83. The summed E-state index contributed by atoms with van der Waals surface area (Å²) in [6, 6.07) is 0. The molecule has 1 rings (SSSR count). The third-order valence-electron chi connectivity index (χ3n) is 4.48. The zero-order chi connectivity index (χ0) is 13.6. The Morgan fingerprint density at radius 3 is 2.39 bits per heavy atom. The van der Waals surface area contributed by atoms with Crippen molar-refractivity contribution in [3.05, 3.63) is 0 Å². The van der Waals surface area contributed by atoms with Crippen LogP contribution in [0.15, 0.2) is 5.16 Å². The summed E-state index contributed by atoms with van der Waals surface area (Å²) in [5, 5.41) is 24.6. The second kappa shape index (κ2) is 6.38. The molecule has 1 saturated carbocycles. The molecule has 1 fully saturated rings. The van der Waals surface area contributed by atoms with Crippen LogP contribution in [0.3, 0.4) is 0 Å². The van der Waals surface area contributed by atoms with Gasteiger partial charge in [-0.2, -0.15) is 0 Å². The van der Waals surface area contributed by atoms with Gasteiger partial charge in [0.1, 0.15) is 5.84 Å². The van der Waals surface area contributed by atoms with Crippen molar-refractivity contribution in [3.8, 4) is 0 Å². The molecule has 0 aliphatic heterocycles. The molecule has 0 spiro atoms. The standard InChI is InChI=1S/C13H27N3O2/c1-3-12(4-2,10-17)8-15-9-13(5-6-13)7-11(14)16-18/h15,17-18H,3-10H2,1-2H3,(H2,14,16). The summed E-state index contributed by atoms with van der Waals surface area (Å²) < 4.78 is 0. The van der Waals surface area contributed by atoms with Crippen molar-refractivity contribution in [3.63, 3.8) is 0 Å². The number of amidine groups is 1. The van der Waals surface area contributed by atoms with Crippen molar-refractivity contribution in [2.45, 2.75) is 46.0 Å². The minimum atomic E-state index is -0.00725. The highest BCUT2D eigenvalue weighted by Gasteiger charge is 2.43. The van der Waals surface area contributed by atoms with Gasteiger partial charge in [0.25, 0.3) is 0 Å². The number of rotatable bonds is 9. The van der Waals surface area contributed by atoms with E-state index in [0.717, 1.165) is 38.8 Å². The van der Waals surface area contributed by atoms with Gasteiger partial charge in [0.05, 0.1) is 0 Å². The minimum absolute atomic E-state index is 0.00725. The summed E-state index contributed by atoms with van der Waals surface area (Å²) in [6.07, 6.45) is 4.85. The predicted octanol–water partition coefficient (Wildman–Crippen LogP) is 1.29. The quantitative estimate of drug-likeness (QED) is 0.217. The number of aliphatic hydroxyl groups excluding tert-OH is 1. The third-order valence-corrected chi connectivity index (χ3v) is 4.48. The number of nitrogens with one attached hydrogen (secondary N) is 1. The fraction of sp³-hybridized carbons (Fsp3) is 0.923. The molecule has 1 aliphatic carbocycles. The average molecular weight is 257 g/mol. The predicted molar refractivity (Wildman–Crippen MR) is 72.7 cm³/mol. The van der Waals surface area contributed by atoms with Gasteiger partial charge in [0.15, 0.2) is 0 Å². The summed E-state index contributed by atoms with van der Waals surface area (Å²) >= 11 is 0. The molecule has 1 aliphatic rings. The lowest BCUT2D eigenvalue weighted by molar-refractivity contribution is 0.111. The summed E-state index contributed by atoms with van der Waals surface area (Å²) in [4.78, 5) is 0. The normalized spacial score (nSPS) is 18.9. The Bertz CT molecular complexity index is 276. The topological polar surface area (TPSA) is 90.9 Å². The zero-order valence-electron chi connectivity index (χ0n) is 11.6. The highest BCUT2D eigenvalue weighted by atomic mass is 16.4. The van der Waals surface area contributed by atoms with Crippen molar-refractivity contribution in [1.82, 2.24) is 5.32 Å². The van der Waals surface area contributed by atoms with Crippen molar-refractivity contribution in [2.24, 2.45) is 21.7 Å². The summed E-state index contributed by atoms with van der Waals surface area (Å²) in [7, 11) is 0. The maximum Gasteiger partial charge on any atom is 0.139 e. The molecular weight excluding hydrogens is 230 g/mol. The monoisotopic (exact) mass is 257 g/mol. The first kappa shape index (κ1) is 15.2. The van der Waals surface area contributed by atoms with Crippen molar-refractivity contribution in [2.75, 3.05) is 19.7 Å². The molecule has 0 saturated heterocycles. The lowest BCUT2D eigenvalue weighted by atomic mass is 9.83. The Balaban J connectivity index is 2.37. The van der Waals surface area contributed by atoms with Gasteiger partial charge in [0.2, 0.25) is 0 Å². The first-order valence-electron chi connectivity index (χ1n) is 6.83. The third kappa shape index (κ3) is 3.85. The number of oxime groups is 1. The van der Waals surface area contributed by atoms with Gasteiger partial charge in [-0.3, -0.25) is 0 Å². The highest BCUT2D eigenvalue weighted by Crippen LogP contribution is 2.48. The maximum atomic E-state index is 9.49. The van der Waals surface area contributed by atoms with Gasteiger partial charge in [-0.05, 0) is 31.1 Å². The molecule has 5 nitrogen and oxygen atoms in total. The number of hydrogen-bond acceptors (Lipinski definition) is 4. The van der Waals surface area contributed by atoms with E-state index < -0.39 is 0 Å². The van der Waals surface area contributed by atoms with E-state index in [2.05, 4.69) is 24.3 Å². The lowest BCUT2D eigenvalue weighted by Crippen LogP contribution is -2.39. The fourth-order valence-corrected chi connectivity index (χ4v) is 2.38. The number of hydrogen-bond donors (Lipinski definition) is 4. The molecule has 0 bridgehead atoms. The zero-order valence-corrected chi connectivity index (χ0v) is 11.6. The average Bonchev–Trinajstić information content (AvgIpc) is 3.15. The second-order valence-corrected chi connectivity index (χ2v) is 5.74. The van der Waals surface area contributed by atoms with Gasteiger partial charge in [-0.25, -0.2) is 0 Å². The largest absolute Gasteiger partial charge is 0.409 e. The van der Waals surface area contributed by atoms with Gasteiger partial charge in [0, 0.05) is 31.5 Å². The Morgan fingerprint density at radius 2 is 2.00 bits per heavy atom. The molecule has 0 atom stereocenters.